The Bertz CT molecular complexity index is 749. The van der Waals surface area contributed by atoms with Gasteiger partial charge >= 0.3 is 0 Å². The van der Waals surface area contributed by atoms with E-state index < -0.39 is 0 Å². The molecule has 0 saturated heterocycles. The molecular weight excluding hydrogens is 318 g/mol. The first-order valence-electron chi connectivity index (χ1n) is 6.74. The number of nitrogens with zero attached hydrogens (tertiary/aromatic N) is 4. The molecule has 0 fully saturated rings. The number of hydrogen-bond acceptors (Lipinski definition) is 6. The molecule has 8 heteroatoms. The number of fused-ring (bicyclic) bond motifs is 1. The maximum absolute atomic E-state index is 11.8. The summed E-state index contributed by atoms with van der Waals surface area (Å²) in [6.07, 6.45) is 1.61. The van der Waals surface area contributed by atoms with Gasteiger partial charge in [0, 0.05) is 12.8 Å². The summed E-state index contributed by atoms with van der Waals surface area (Å²) in [6.45, 7) is 0.362. The summed E-state index contributed by atoms with van der Waals surface area (Å²) in [5.41, 5.74) is 1.02. The first-order chi connectivity index (χ1) is 10.7. The Morgan fingerprint density at radius 1 is 1.41 bits per heavy atom. The maximum atomic E-state index is 11.8. The van der Waals surface area contributed by atoms with Gasteiger partial charge in [0.25, 0.3) is 0 Å². The van der Waals surface area contributed by atoms with Crippen molar-refractivity contribution in [2.45, 2.75) is 12.3 Å². The SMILES string of the molecule is Cn1cnc(CNC(=O)CSCc2nc3ccccc3s2)n1. The topological polar surface area (TPSA) is 72.7 Å². The van der Waals surface area contributed by atoms with Crippen molar-refractivity contribution in [2.24, 2.45) is 7.05 Å². The normalized spacial score (nSPS) is 11.0. The molecule has 6 nitrogen and oxygen atoms in total. The maximum Gasteiger partial charge on any atom is 0.230 e. The van der Waals surface area contributed by atoms with E-state index in [2.05, 4.69) is 26.4 Å². The summed E-state index contributed by atoms with van der Waals surface area (Å²) in [5, 5.41) is 7.97. The molecule has 3 aromatic rings. The fourth-order valence-electron chi connectivity index (χ4n) is 1.91. The Kier molecular flexibility index (Phi) is 4.69. The molecule has 1 amide bonds. The molecule has 0 aliphatic carbocycles. The van der Waals surface area contributed by atoms with Gasteiger partial charge in [0.05, 0.1) is 22.5 Å². The minimum atomic E-state index is -0.0152. The van der Waals surface area contributed by atoms with Crippen molar-refractivity contribution in [1.82, 2.24) is 25.1 Å². The minimum absolute atomic E-state index is 0.0152. The minimum Gasteiger partial charge on any atom is -0.348 e. The highest BCUT2D eigenvalue weighted by Gasteiger charge is 2.07. The number of para-hydroxylation sites is 1. The van der Waals surface area contributed by atoms with E-state index in [0.29, 0.717) is 18.1 Å². The van der Waals surface area contributed by atoms with Gasteiger partial charge in [0.15, 0.2) is 5.82 Å². The number of amides is 1. The van der Waals surface area contributed by atoms with Gasteiger partial charge in [-0.2, -0.15) is 5.10 Å². The molecule has 0 atom stereocenters. The predicted octanol–water partition coefficient (Wildman–Crippen LogP) is 1.97. The lowest BCUT2D eigenvalue weighted by Gasteiger charge is -2.01. The molecule has 1 aromatic carbocycles. The van der Waals surface area contributed by atoms with E-state index in [-0.39, 0.29) is 5.91 Å². The lowest BCUT2D eigenvalue weighted by atomic mass is 10.3. The summed E-state index contributed by atoms with van der Waals surface area (Å²) in [4.78, 5) is 20.4. The van der Waals surface area contributed by atoms with Gasteiger partial charge in [-0.05, 0) is 12.1 Å². The third kappa shape index (κ3) is 3.83. The zero-order valence-electron chi connectivity index (χ0n) is 12.0. The predicted molar refractivity (Wildman–Crippen MR) is 88.6 cm³/mol. The molecule has 1 N–H and O–H groups in total. The number of aromatic nitrogens is 4. The van der Waals surface area contributed by atoms with Gasteiger partial charge in [-0.25, -0.2) is 9.97 Å². The first kappa shape index (κ1) is 15.0. The Labute approximate surface area is 136 Å². The second-order valence-corrected chi connectivity index (χ2v) is 6.78. The van der Waals surface area contributed by atoms with Crippen molar-refractivity contribution >= 4 is 39.2 Å². The van der Waals surface area contributed by atoms with Crippen LogP contribution in [0.4, 0.5) is 0 Å². The highest BCUT2D eigenvalue weighted by atomic mass is 32.2. The van der Waals surface area contributed by atoms with Crippen molar-refractivity contribution in [3.8, 4) is 0 Å². The Morgan fingerprint density at radius 2 is 2.27 bits per heavy atom. The van der Waals surface area contributed by atoms with Crippen LogP contribution in [0.1, 0.15) is 10.8 Å². The van der Waals surface area contributed by atoms with Crippen LogP contribution in [-0.4, -0.2) is 31.4 Å². The molecule has 0 bridgehead atoms. The Balaban J connectivity index is 1.43. The fraction of sp³-hybridized carbons (Fsp3) is 0.286. The Morgan fingerprint density at radius 3 is 3.05 bits per heavy atom. The van der Waals surface area contributed by atoms with Crippen LogP contribution in [0.15, 0.2) is 30.6 Å². The third-order valence-corrected chi connectivity index (χ3v) is 5.05. The molecule has 0 saturated carbocycles. The van der Waals surface area contributed by atoms with Crippen LogP contribution in [0.2, 0.25) is 0 Å². The van der Waals surface area contributed by atoms with Crippen molar-refractivity contribution in [2.75, 3.05) is 5.75 Å². The van der Waals surface area contributed by atoms with Crippen LogP contribution in [0.5, 0.6) is 0 Å². The van der Waals surface area contributed by atoms with E-state index in [1.54, 1.807) is 41.2 Å². The fourth-order valence-corrected chi connectivity index (χ4v) is 3.78. The number of carbonyl (C=O) groups is 1. The lowest BCUT2D eigenvalue weighted by molar-refractivity contribution is -0.118. The van der Waals surface area contributed by atoms with Gasteiger partial charge in [-0.15, -0.1) is 23.1 Å². The van der Waals surface area contributed by atoms with E-state index in [4.69, 9.17) is 0 Å². The largest absolute Gasteiger partial charge is 0.348 e. The monoisotopic (exact) mass is 333 g/mol. The summed E-state index contributed by atoms with van der Waals surface area (Å²) in [7, 11) is 1.80. The molecule has 0 radical (unpaired) electrons. The van der Waals surface area contributed by atoms with E-state index in [1.165, 1.54) is 4.70 Å². The molecule has 0 unspecified atom stereocenters. The third-order valence-electron chi connectivity index (χ3n) is 2.89. The lowest BCUT2D eigenvalue weighted by Crippen LogP contribution is -2.25. The second-order valence-electron chi connectivity index (χ2n) is 4.68. The van der Waals surface area contributed by atoms with Crippen molar-refractivity contribution in [1.29, 1.82) is 0 Å². The van der Waals surface area contributed by atoms with E-state index in [1.807, 2.05) is 18.2 Å². The number of aryl methyl sites for hydroxylation is 1. The van der Waals surface area contributed by atoms with Crippen LogP contribution in [0, 0.1) is 0 Å². The number of nitrogens with one attached hydrogen (secondary N) is 1. The second kappa shape index (κ2) is 6.89. The molecule has 0 aliphatic heterocycles. The van der Waals surface area contributed by atoms with E-state index in [0.717, 1.165) is 16.3 Å². The number of rotatable bonds is 6. The zero-order chi connectivity index (χ0) is 15.4. The molecular formula is C14H15N5OS2. The van der Waals surface area contributed by atoms with Crippen molar-refractivity contribution in [3.05, 3.63) is 41.4 Å². The molecule has 22 heavy (non-hydrogen) atoms. The molecule has 2 heterocycles. The zero-order valence-corrected chi connectivity index (χ0v) is 13.7. The molecule has 2 aromatic heterocycles. The molecule has 0 aliphatic rings. The highest BCUT2D eigenvalue weighted by molar-refractivity contribution is 7.99. The van der Waals surface area contributed by atoms with Crippen molar-refractivity contribution < 1.29 is 4.79 Å². The average molecular weight is 333 g/mol. The molecule has 3 rings (SSSR count). The number of carbonyl (C=O) groups excluding carboxylic acids is 1. The van der Waals surface area contributed by atoms with Gasteiger partial charge in [-0.1, -0.05) is 12.1 Å². The summed E-state index contributed by atoms with van der Waals surface area (Å²) < 4.78 is 2.80. The van der Waals surface area contributed by atoms with Gasteiger partial charge < -0.3 is 5.32 Å². The average Bonchev–Trinajstić information content (AvgIpc) is 3.10. The Hall–Kier alpha value is -1.93. The van der Waals surface area contributed by atoms with Crippen LogP contribution in [-0.2, 0) is 24.1 Å². The van der Waals surface area contributed by atoms with Gasteiger partial charge in [-0.3, -0.25) is 9.48 Å². The van der Waals surface area contributed by atoms with E-state index >= 15 is 0 Å². The molecule has 0 spiro atoms. The summed E-state index contributed by atoms with van der Waals surface area (Å²) in [6, 6.07) is 8.06. The summed E-state index contributed by atoms with van der Waals surface area (Å²) in [5.74, 6) is 1.75. The number of hydrogen-bond donors (Lipinski definition) is 1. The van der Waals surface area contributed by atoms with Crippen LogP contribution >= 0.6 is 23.1 Å². The number of benzene rings is 1. The number of thioether (sulfide) groups is 1. The van der Waals surface area contributed by atoms with Crippen LogP contribution in [0.25, 0.3) is 10.2 Å². The first-order valence-corrected chi connectivity index (χ1v) is 8.71. The van der Waals surface area contributed by atoms with Gasteiger partial charge in [0.1, 0.15) is 11.3 Å². The van der Waals surface area contributed by atoms with Crippen LogP contribution in [0.3, 0.4) is 0 Å². The van der Waals surface area contributed by atoms with Crippen molar-refractivity contribution in [3.63, 3.8) is 0 Å². The highest BCUT2D eigenvalue weighted by Crippen LogP contribution is 2.24. The smallest absolute Gasteiger partial charge is 0.230 e. The van der Waals surface area contributed by atoms with E-state index in [9.17, 15) is 4.79 Å². The summed E-state index contributed by atoms with van der Waals surface area (Å²) >= 11 is 3.24. The number of thiazole rings is 1. The van der Waals surface area contributed by atoms with Gasteiger partial charge in [0.2, 0.25) is 5.91 Å². The van der Waals surface area contributed by atoms with Crippen LogP contribution < -0.4 is 5.32 Å². The quantitative estimate of drug-likeness (QED) is 0.747. The molecule has 114 valence electrons. The standard InChI is InChI=1S/C14H15N5OS2/c1-19-9-16-12(18-19)6-15-13(20)7-21-8-14-17-10-4-2-3-5-11(10)22-14/h2-5,9H,6-8H2,1H3,(H,15,20).